The third-order valence-corrected chi connectivity index (χ3v) is 4.40. The zero-order chi connectivity index (χ0) is 16.8. The minimum atomic E-state index is 0.0659. The number of piperazine rings is 1. The predicted molar refractivity (Wildman–Crippen MR) is 97.6 cm³/mol. The van der Waals surface area contributed by atoms with Gasteiger partial charge in [0.15, 0.2) is 0 Å². The summed E-state index contributed by atoms with van der Waals surface area (Å²) in [5.74, 6) is 1.50. The van der Waals surface area contributed by atoms with Crippen LogP contribution >= 0.6 is 15.9 Å². The number of hydrogen-bond donors (Lipinski definition) is 0. The lowest BCUT2D eigenvalue weighted by atomic mass is 10.1. The molecule has 5 heteroatoms. The third-order valence-electron chi connectivity index (χ3n) is 3.90. The molecule has 0 unspecified atom stereocenters. The van der Waals surface area contributed by atoms with Gasteiger partial charge in [-0.05, 0) is 30.2 Å². The van der Waals surface area contributed by atoms with E-state index in [-0.39, 0.29) is 5.91 Å². The van der Waals surface area contributed by atoms with E-state index in [1.807, 2.05) is 29.2 Å². The summed E-state index contributed by atoms with van der Waals surface area (Å²) in [6.45, 7) is 9.07. The average molecular weight is 381 g/mol. The quantitative estimate of drug-likeness (QED) is 0.734. The minimum absolute atomic E-state index is 0.0659. The Labute approximate surface area is 147 Å². The maximum absolute atomic E-state index is 12.4. The highest BCUT2D eigenvalue weighted by Gasteiger charge is 2.19. The third kappa shape index (κ3) is 5.36. The standard InChI is InChI=1S/C18H25BrN2O2/c1-14(2)13-20-8-10-21(11-9-20)18(22)7-4-15-12-16(19)5-6-17(15)23-3/h4-7,12,14H,8-11,13H2,1-3H3. The van der Waals surface area contributed by atoms with E-state index in [9.17, 15) is 4.79 Å². The van der Waals surface area contributed by atoms with Gasteiger partial charge >= 0.3 is 0 Å². The molecule has 0 aliphatic carbocycles. The molecule has 126 valence electrons. The number of halogens is 1. The zero-order valence-corrected chi connectivity index (χ0v) is 15.7. The number of hydrogen-bond acceptors (Lipinski definition) is 3. The van der Waals surface area contributed by atoms with Crippen LogP contribution in [-0.2, 0) is 4.79 Å². The Morgan fingerprint density at radius 3 is 2.61 bits per heavy atom. The first kappa shape index (κ1) is 18.0. The van der Waals surface area contributed by atoms with Crippen LogP contribution in [0.2, 0.25) is 0 Å². The van der Waals surface area contributed by atoms with E-state index in [1.165, 1.54) is 0 Å². The lowest BCUT2D eigenvalue weighted by molar-refractivity contribution is -0.127. The highest BCUT2D eigenvalue weighted by Crippen LogP contribution is 2.24. The van der Waals surface area contributed by atoms with Crippen molar-refractivity contribution in [2.75, 3.05) is 39.8 Å². The Kier molecular flexibility index (Phi) is 6.66. The predicted octanol–water partition coefficient (Wildman–Crippen LogP) is 3.27. The first-order valence-corrected chi connectivity index (χ1v) is 8.81. The van der Waals surface area contributed by atoms with Crippen molar-refractivity contribution in [3.8, 4) is 5.75 Å². The van der Waals surface area contributed by atoms with Gasteiger partial charge in [-0.3, -0.25) is 9.69 Å². The Balaban J connectivity index is 1.94. The fourth-order valence-electron chi connectivity index (χ4n) is 2.77. The maximum Gasteiger partial charge on any atom is 0.246 e. The van der Waals surface area contributed by atoms with Crippen LogP contribution in [-0.4, -0.2) is 55.5 Å². The van der Waals surface area contributed by atoms with E-state index in [1.54, 1.807) is 13.2 Å². The van der Waals surface area contributed by atoms with Crippen molar-refractivity contribution in [3.05, 3.63) is 34.3 Å². The second-order valence-electron chi connectivity index (χ2n) is 6.24. The summed E-state index contributed by atoms with van der Waals surface area (Å²) in [4.78, 5) is 16.7. The fraction of sp³-hybridized carbons (Fsp3) is 0.500. The molecule has 1 fully saturated rings. The molecule has 0 atom stereocenters. The molecule has 0 spiro atoms. The summed E-state index contributed by atoms with van der Waals surface area (Å²) >= 11 is 3.44. The summed E-state index contributed by atoms with van der Waals surface area (Å²) in [5, 5.41) is 0. The highest BCUT2D eigenvalue weighted by molar-refractivity contribution is 9.10. The molecule has 1 amide bonds. The normalized spacial score (nSPS) is 16.3. The molecule has 0 radical (unpaired) electrons. The summed E-state index contributed by atoms with van der Waals surface area (Å²) < 4.78 is 6.29. The molecule has 1 heterocycles. The molecule has 0 bridgehead atoms. The van der Waals surface area contributed by atoms with Crippen molar-refractivity contribution < 1.29 is 9.53 Å². The van der Waals surface area contributed by atoms with Crippen molar-refractivity contribution in [1.29, 1.82) is 0 Å². The van der Waals surface area contributed by atoms with Crippen LogP contribution in [0.15, 0.2) is 28.7 Å². The van der Waals surface area contributed by atoms with Gasteiger partial charge in [0.2, 0.25) is 5.91 Å². The number of nitrogens with zero attached hydrogens (tertiary/aromatic N) is 2. The van der Waals surface area contributed by atoms with Gasteiger partial charge in [0, 0.05) is 48.8 Å². The molecule has 1 aromatic rings. The van der Waals surface area contributed by atoms with Crippen LogP contribution in [0.25, 0.3) is 6.08 Å². The lowest BCUT2D eigenvalue weighted by Gasteiger charge is -2.35. The molecular weight excluding hydrogens is 356 g/mol. The van der Waals surface area contributed by atoms with Crippen LogP contribution in [0.5, 0.6) is 5.75 Å². The number of methoxy groups -OCH3 is 1. The summed E-state index contributed by atoms with van der Waals surface area (Å²) in [6, 6.07) is 5.76. The summed E-state index contributed by atoms with van der Waals surface area (Å²) in [5.41, 5.74) is 0.897. The number of carbonyl (C=O) groups excluding carboxylic acids is 1. The van der Waals surface area contributed by atoms with Gasteiger partial charge in [0.05, 0.1) is 7.11 Å². The largest absolute Gasteiger partial charge is 0.496 e. The van der Waals surface area contributed by atoms with E-state index in [2.05, 4.69) is 34.7 Å². The van der Waals surface area contributed by atoms with Crippen LogP contribution < -0.4 is 4.74 Å². The Bertz CT molecular complexity index is 564. The first-order valence-electron chi connectivity index (χ1n) is 8.02. The average Bonchev–Trinajstić information content (AvgIpc) is 2.53. The molecule has 0 N–H and O–H groups in total. The highest BCUT2D eigenvalue weighted by atomic mass is 79.9. The Morgan fingerprint density at radius 1 is 1.30 bits per heavy atom. The van der Waals surface area contributed by atoms with Crippen molar-refractivity contribution in [2.24, 2.45) is 5.92 Å². The number of benzene rings is 1. The zero-order valence-electron chi connectivity index (χ0n) is 14.1. The molecule has 0 aromatic heterocycles. The van der Waals surface area contributed by atoms with E-state index >= 15 is 0 Å². The molecule has 1 saturated heterocycles. The van der Waals surface area contributed by atoms with E-state index in [4.69, 9.17) is 4.74 Å². The minimum Gasteiger partial charge on any atom is -0.496 e. The topological polar surface area (TPSA) is 32.8 Å². The molecular formula is C18H25BrN2O2. The molecule has 1 aliphatic rings. The van der Waals surface area contributed by atoms with Crippen LogP contribution in [0.1, 0.15) is 19.4 Å². The smallest absolute Gasteiger partial charge is 0.246 e. The second-order valence-corrected chi connectivity index (χ2v) is 7.16. The van der Waals surface area contributed by atoms with Gasteiger partial charge in [0.25, 0.3) is 0 Å². The van der Waals surface area contributed by atoms with Crippen molar-refractivity contribution in [1.82, 2.24) is 9.80 Å². The van der Waals surface area contributed by atoms with Gasteiger partial charge in [-0.2, -0.15) is 0 Å². The molecule has 1 aromatic carbocycles. The van der Waals surface area contributed by atoms with Crippen molar-refractivity contribution >= 4 is 27.9 Å². The van der Waals surface area contributed by atoms with E-state index in [0.717, 1.165) is 48.5 Å². The molecule has 23 heavy (non-hydrogen) atoms. The van der Waals surface area contributed by atoms with Crippen molar-refractivity contribution in [3.63, 3.8) is 0 Å². The monoisotopic (exact) mass is 380 g/mol. The van der Waals surface area contributed by atoms with Crippen LogP contribution in [0.4, 0.5) is 0 Å². The summed E-state index contributed by atoms with van der Waals surface area (Å²) in [6.07, 6.45) is 3.47. The van der Waals surface area contributed by atoms with Crippen LogP contribution in [0.3, 0.4) is 0 Å². The van der Waals surface area contributed by atoms with Gasteiger partial charge < -0.3 is 9.64 Å². The number of carbonyl (C=O) groups is 1. The first-order chi connectivity index (χ1) is 11.0. The van der Waals surface area contributed by atoms with Crippen LogP contribution in [0, 0.1) is 5.92 Å². The van der Waals surface area contributed by atoms with Gasteiger partial charge in [-0.15, -0.1) is 0 Å². The molecule has 1 aliphatic heterocycles. The van der Waals surface area contributed by atoms with E-state index < -0.39 is 0 Å². The molecule has 2 rings (SSSR count). The fourth-order valence-corrected chi connectivity index (χ4v) is 3.15. The number of rotatable bonds is 5. The number of ether oxygens (including phenoxy) is 1. The number of amides is 1. The summed E-state index contributed by atoms with van der Waals surface area (Å²) in [7, 11) is 1.64. The Morgan fingerprint density at radius 2 is 2.00 bits per heavy atom. The Hall–Kier alpha value is -1.33. The van der Waals surface area contributed by atoms with Gasteiger partial charge in [0.1, 0.15) is 5.75 Å². The maximum atomic E-state index is 12.4. The molecule has 4 nitrogen and oxygen atoms in total. The van der Waals surface area contributed by atoms with Gasteiger partial charge in [-0.1, -0.05) is 29.8 Å². The van der Waals surface area contributed by atoms with E-state index in [0.29, 0.717) is 5.92 Å². The lowest BCUT2D eigenvalue weighted by Crippen LogP contribution is -2.49. The molecule has 0 saturated carbocycles. The SMILES string of the molecule is COc1ccc(Br)cc1C=CC(=O)N1CCN(CC(C)C)CC1. The second kappa shape index (κ2) is 8.50. The van der Waals surface area contributed by atoms with Crippen molar-refractivity contribution in [2.45, 2.75) is 13.8 Å². The van der Waals surface area contributed by atoms with Gasteiger partial charge in [-0.25, -0.2) is 0 Å².